The van der Waals surface area contributed by atoms with Gasteiger partial charge in [0.2, 0.25) is 0 Å². The predicted octanol–water partition coefficient (Wildman–Crippen LogP) is 5.34. The van der Waals surface area contributed by atoms with Crippen LogP contribution in [0.25, 0.3) is 0 Å². The molecule has 0 atom stereocenters. The van der Waals surface area contributed by atoms with Gasteiger partial charge in [-0.15, -0.1) is 12.4 Å². The van der Waals surface area contributed by atoms with Crippen LogP contribution < -0.4 is 15.2 Å². The lowest BCUT2D eigenvalue weighted by Gasteiger charge is -2.10. The second-order valence-corrected chi connectivity index (χ2v) is 5.14. The monoisotopic (exact) mass is 363 g/mol. The molecule has 0 spiro atoms. The summed E-state index contributed by atoms with van der Waals surface area (Å²) >= 11 is 0. The molecule has 0 unspecified atom stereocenters. The molecule has 130 valence electrons. The van der Waals surface area contributed by atoms with Gasteiger partial charge in [-0.05, 0) is 48.5 Å². The van der Waals surface area contributed by atoms with Crippen LogP contribution in [0.2, 0.25) is 0 Å². The number of para-hydroxylation sites is 2. The molecule has 0 aliphatic rings. The first kappa shape index (κ1) is 18.5. The molecule has 0 amide bonds. The van der Waals surface area contributed by atoms with Gasteiger partial charge in [-0.25, -0.2) is 8.78 Å². The number of ether oxygens (including phenoxy) is 2. The van der Waals surface area contributed by atoms with Crippen molar-refractivity contribution in [1.29, 1.82) is 0 Å². The van der Waals surface area contributed by atoms with Crippen molar-refractivity contribution in [2.45, 2.75) is 6.61 Å². The van der Waals surface area contributed by atoms with E-state index in [2.05, 4.69) is 0 Å². The number of anilines is 1. The number of hydrogen-bond donors (Lipinski definition) is 1. The first-order valence-corrected chi connectivity index (χ1v) is 7.31. The molecule has 0 fully saturated rings. The Labute approximate surface area is 150 Å². The minimum Gasteiger partial charge on any atom is -0.489 e. The highest BCUT2D eigenvalue weighted by molar-refractivity contribution is 5.85. The number of nitrogen functional groups attached to an aromatic ring is 1. The van der Waals surface area contributed by atoms with Gasteiger partial charge >= 0.3 is 0 Å². The zero-order chi connectivity index (χ0) is 16.9. The van der Waals surface area contributed by atoms with E-state index >= 15 is 0 Å². The molecule has 3 aromatic rings. The maximum atomic E-state index is 13.5. The summed E-state index contributed by atoms with van der Waals surface area (Å²) in [5, 5.41) is 0. The van der Waals surface area contributed by atoms with Crippen LogP contribution in [0.3, 0.4) is 0 Å². The minimum atomic E-state index is -0.630. The summed E-state index contributed by atoms with van der Waals surface area (Å²) in [5.74, 6) is 0.479. The SMILES string of the molecule is Cl.Nc1ccccc1Oc1ccc(OCc2ccc(F)cc2F)cc1. The third-order valence-corrected chi connectivity index (χ3v) is 3.38. The zero-order valence-electron chi connectivity index (χ0n) is 13.1. The van der Waals surface area contributed by atoms with Gasteiger partial charge in [-0.3, -0.25) is 0 Å². The molecule has 3 nitrogen and oxygen atoms in total. The van der Waals surface area contributed by atoms with Gasteiger partial charge in [0.25, 0.3) is 0 Å². The van der Waals surface area contributed by atoms with Crippen molar-refractivity contribution in [2.75, 3.05) is 5.73 Å². The Balaban J connectivity index is 0.00000225. The number of nitrogens with two attached hydrogens (primary N) is 1. The predicted molar refractivity (Wildman–Crippen MR) is 95.3 cm³/mol. The third-order valence-electron chi connectivity index (χ3n) is 3.38. The van der Waals surface area contributed by atoms with E-state index in [0.29, 0.717) is 22.9 Å². The summed E-state index contributed by atoms with van der Waals surface area (Å²) in [6.45, 7) is 0.0119. The molecule has 0 saturated heterocycles. The van der Waals surface area contributed by atoms with Gasteiger partial charge in [0.15, 0.2) is 0 Å². The van der Waals surface area contributed by atoms with Crippen LogP contribution >= 0.6 is 12.4 Å². The average Bonchev–Trinajstić information content (AvgIpc) is 2.57. The Morgan fingerprint density at radius 1 is 0.840 bits per heavy atom. The Bertz CT molecular complexity index is 841. The van der Waals surface area contributed by atoms with E-state index in [9.17, 15) is 8.78 Å². The summed E-state index contributed by atoms with van der Waals surface area (Å²) in [7, 11) is 0. The molecule has 0 bridgehead atoms. The van der Waals surface area contributed by atoms with Crippen molar-refractivity contribution in [2.24, 2.45) is 0 Å². The van der Waals surface area contributed by atoms with Gasteiger partial charge in [0, 0.05) is 11.6 Å². The van der Waals surface area contributed by atoms with E-state index in [-0.39, 0.29) is 24.6 Å². The average molecular weight is 364 g/mol. The van der Waals surface area contributed by atoms with E-state index < -0.39 is 11.6 Å². The zero-order valence-corrected chi connectivity index (χ0v) is 13.9. The van der Waals surface area contributed by atoms with Crippen molar-refractivity contribution in [3.05, 3.63) is 83.9 Å². The molecular formula is C19H16ClF2NO2. The van der Waals surface area contributed by atoms with Crippen LogP contribution in [0.15, 0.2) is 66.7 Å². The van der Waals surface area contributed by atoms with E-state index in [1.54, 1.807) is 36.4 Å². The van der Waals surface area contributed by atoms with Crippen LogP contribution in [0.5, 0.6) is 17.2 Å². The standard InChI is InChI=1S/C19H15F2NO2.ClH/c20-14-6-5-13(17(21)11-14)12-23-15-7-9-16(10-8-15)24-19-4-2-1-3-18(19)22;/h1-11H,12,22H2;1H. The quantitative estimate of drug-likeness (QED) is 0.622. The van der Waals surface area contributed by atoms with E-state index in [4.69, 9.17) is 15.2 Å². The van der Waals surface area contributed by atoms with Gasteiger partial charge in [0.05, 0.1) is 5.69 Å². The minimum absolute atomic E-state index is 0. The molecule has 0 saturated carbocycles. The molecule has 0 radical (unpaired) electrons. The van der Waals surface area contributed by atoms with Crippen molar-refractivity contribution in [1.82, 2.24) is 0 Å². The maximum Gasteiger partial charge on any atom is 0.150 e. The largest absolute Gasteiger partial charge is 0.489 e. The summed E-state index contributed by atoms with van der Waals surface area (Å²) < 4.78 is 37.6. The highest BCUT2D eigenvalue weighted by atomic mass is 35.5. The first-order valence-electron chi connectivity index (χ1n) is 7.31. The van der Waals surface area contributed by atoms with Crippen molar-refractivity contribution in [3.63, 3.8) is 0 Å². The molecule has 0 heterocycles. The highest BCUT2D eigenvalue weighted by Crippen LogP contribution is 2.28. The normalized spacial score (nSPS) is 10.0. The first-order chi connectivity index (χ1) is 11.6. The van der Waals surface area contributed by atoms with Gasteiger partial charge in [0.1, 0.15) is 35.5 Å². The molecule has 2 N–H and O–H groups in total. The summed E-state index contributed by atoms with van der Waals surface area (Å²) in [6, 6.07) is 17.4. The smallest absolute Gasteiger partial charge is 0.150 e. The van der Waals surface area contributed by atoms with Gasteiger partial charge in [-0.2, -0.15) is 0 Å². The van der Waals surface area contributed by atoms with Gasteiger partial charge in [-0.1, -0.05) is 12.1 Å². The van der Waals surface area contributed by atoms with Crippen LogP contribution in [-0.2, 0) is 6.61 Å². The fourth-order valence-corrected chi connectivity index (χ4v) is 2.10. The molecule has 3 aromatic carbocycles. The number of benzene rings is 3. The highest BCUT2D eigenvalue weighted by Gasteiger charge is 2.05. The van der Waals surface area contributed by atoms with Crippen LogP contribution in [0.4, 0.5) is 14.5 Å². The summed E-state index contributed by atoms with van der Waals surface area (Å²) in [5.41, 5.74) is 6.66. The Morgan fingerprint density at radius 3 is 2.20 bits per heavy atom. The summed E-state index contributed by atoms with van der Waals surface area (Å²) in [4.78, 5) is 0. The van der Waals surface area contributed by atoms with Crippen LogP contribution in [0, 0.1) is 11.6 Å². The van der Waals surface area contributed by atoms with Crippen LogP contribution in [-0.4, -0.2) is 0 Å². The molecule has 0 aliphatic heterocycles. The second-order valence-electron chi connectivity index (χ2n) is 5.14. The van der Waals surface area contributed by atoms with Crippen molar-refractivity contribution >= 4 is 18.1 Å². The fraction of sp³-hybridized carbons (Fsp3) is 0.0526. The molecule has 0 aromatic heterocycles. The van der Waals surface area contributed by atoms with Crippen molar-refractivity contribution < 1.29 is 18.3 Å². The topological polar surface area (TPSA) is 44.5 Å². The van der Waals surface area contributed by atoms with E-state index in [1.807, 2.05) is 12.1 Å². The fourth-order valence-electron chi connectivity index (χ4n) is 2.10. The van der Waals surface area contributed by atoms with Crippen LogP contribution in [0.1, 0.15) is 5.56 Å². The second kappa shape index (κ2) is 8.35. The Hall–Kier alpha value is -2.79. The molecule has 3 rings (SSSR count). The molecular weight excluding hydrogens is 348 g/mol. The number of halogens is 3. The summed E-state index contributed by atoms with van der Waals surface area (Å²) in [6.07, 6.45) is 0. The van der Waals surface area contributed by atoms with Crippen molar-refractivity contribution in [3.8, 4) is 17.2 Å². The lowest BCUT2D eigenvalue weighted by Crippen LogP contribution is -1.99. The number of hydrogen-bond acceptors (Lipinski definition) is 3. The lowest BCUT2D eigenvalue weighted by atomic mass is 10.2. The molecule has 25 heavy (non-hydrogen) atoms. The third kappa shape index (κ3) is 4.84. The van der Waals surface area contributed by atoms with E-state index in [1.165, 1.54) is 12.1 Å². The molecule has 6 heteroatoms. The number of rotatable bonds is 5. The lowest BCUT2D eigenvalue weighted by molar-refractivity contribution is 0.299. The Morgan fingerprint density at radius 2 is 1.52 bits per heavy atom. The molecule has 0 aliphatic carbocycles. The maximum absolute atomic E-state index is 13.5. The van der Waals surface area contributed by atoms with E-state index in [0.717, 1.165) is 6.07 Å². The Kier molecular flexibility index (Phi) is 6.19. The van der Waals surface area contributed by atoms with Gasteiger partial charge < -0.3 is 15.2 Å².